The number of aliphatic imine (C=N–C) groups is 1. The van der Waals surface area contributed by atoms with Gasteiger partial charge in [-0.15, -0.1) is 11.3 Å². The van der Waals surface area contributed by atoms with Gasteiger partial charge in [0.15, 0.2) is 5.96 Å². The summed E-state index contributed by atoms with van der Waals surface area (Å²) >= 11 is 1.73. The first-order chi connectivity index (χ1) is 14.4. The molecule has 0 bridgehead atoms. The number of thiazole rings is 1. The van der Waals surface area contributed by atoms with Crippen molar-refractivity contribution in [2.45, 2.75) is 59.5 Å². The van der Waals surface area contributed by atoms with E-state index >= 15 is 0 Å². The molecule has 3 heterocycles. The number of guanidine groups is 1. The molecule has 0 aliphatic carbocycles. The van der Waals surface area contributed by atoms with Crippen molar-refractivity contribution in [1.82, 2.24) is 25.4 Å². The highest BCUT2D eigenvalue weighted by molar-refractivity contribution is 7.09. The Morgan fingerprint density at radius 3 is 2.70 bits per heavy atom. The van der Waals surface area contributed by atoms with Crippen LogP contribution in [-0.2, 0) is 11.3 Å². The van der Waals surface area contributed by atoms with Crippen molar-refractivity contribution >= 4 is 23.2 Å². The standard InChI is InChI=1S/C22H38N6OS/c1-5-23-22(26-19-8-11-28(14-19)21(29)16(2)3)24-12-18-6-9-27(10-7-18)13-20-15-30-17(4)25-20/h15-16,18-19H,5-14H2,1-4H3,(H2,23,24,26). The van der Waals surface area contributed by atoms with Gasteiger partial charge in [0.2, 0.25) is 5.91 Å². The summed E-state index contributed by atoms with van der Waals surface area (Å²) < 4.78 is 0. The SMILES string of the molecule is CCNC(=NCC1CCN(Cc2csc(C)n2)CC1)NC1CCN(C(=O)C(C)C)C1. The first-order valence-electron chi connectivity index (χ1n) is 11.4. The Hall–Kier alpha value is -1.67. The number of piperidine rings is 1. The number of likely N-dealkylation sites (tertiary alicyclic amines) is 2. The van der Waals surface area contributed by atoms with Gasteiger partial charge in [0.05, 0.1) is 10.7 Å². The summed E-state index contributed by atoms with van der Waals surface area (Å²) in [6.45, 7) is 14.6. The monoisotopic (exact) mass is 434 g/mol. The molecule has 1 aromatic heterocycles. The van der Waals surface area contributed by atoms with Crippen LogP contribution in [0.1, 0.15) is 50.7 Å². The van der Waals surface area contributed by atoms with Crippen LogP contribution in [0.5, 0.6) is 0 Å². The van der Waals surface area contributed by atoms with E-state index in [0.29, 0.717) is 5.92 Å². The Kier molecular flexibility index (Phi) is 8.50. The van der Waals surface area contributed by atoms with Crippen LogP contribution in [0.4, 0.5) is 0 Å². The lowest BCUT2D eigenvalue weighted by Crippen LogP contribution is -2.45. The molecule has 0 spiro atoms. The zero-order valence-corrected chi connectivity index (χ0v) is 19.8. The lowest BCUT2D eigenvalue weighted by molar-refractivity contribution is -0.133. The summed E-state index contributed by atoms with van der Waals surface area (Å²) in [6, 6.07) is 0.286. The number of rotatable bonds is 7. The van der Waals surface area contributed by atoms with Crippen molar-refractivity contribution in [3.8, 4) is 0 Å². The molecule has 1 amide bonds. The number of hydrogen-bond donors (Lipinski definition) is 2. The normalized spacial score (nSPS) is 21.4. The third-order valence-corrected chi connectivity index (χ3v) is 6.77. The van der Waals surface area contributed by atoms with E-state index in [0.717, 1.165) is 63.2 Å². The van der Waals surface area contributed by atoms with Crippen LogP contribution in [0.25, 0.3) is 0 Å². The van der Waals surface area contributed by atoms with E-state index < -0.39 is 0 Å². The molecule has 7 nitrogen and oxygen atoms in total. The Bertz CT molecular complexity index is 710. The minimum absolute atomic E-state index is 0.0658. The van der Waals surface area contributed by atoms with E-state index in [1.807, 2.05) is 18.7 Å². The Morgan fingerprint density at radius 2 is 2.07 bits per heavy atom. The number of nitrogens with zero attached hydrogens (tertiary/aromatic N) is 4. The Labute approximate surface area is 185 Å². The number of carbonyl (C=O) groups is 1. The summed E-state index contributed by atoms with van der Waals surface area (Å²) in [5.74, 6) is 1.84. The number of amides is 1. The van der Waals surface area contributed by atoms with Gasteiger partial charge in [-0.1, -0.05) is 13.8 Å². The zero-order chi connectivity index (χ0) is 21.5. The van der Waals surface area contributed by atoms with Gasteiger partial charge in [-0.2, -0.15) is 0 Å². The van der Waals surface area contributed by atoms with E-state index in [1.54, 1.807) is 11.3 Å². The summed E-state index contributed by atoms with van der Waals surface area (Å²) in [7, 11) is 0. The van der Waals surface area contributed by atoms with Crippen molar-refractivity contribution in [1.29, 1.82) is 0 Å². The van der Waals surface area contributed by atoms with Gasteiger partial charge >= 0.3 is 0 Å². The van der Waals surface area contributed by atoms with Crippen LogP contribution < -0.4 is 10.6 Å². The van der Waals surface area contributed by atoms with Crippen molar-refractivity contribution in [3.63, 3.8) is 0 Å². The second-order valence-corrected chi connectivity index (χ2v) is 9.93. The minimum Gasteiger partial charge on any atom is -0.357 e. The molecule has 1 unspecified atom stereocenters. The molecule has 1 aromatic rings. The fourth-order valence-electron chi connectivity index (χ4n) is 4.21. The first kappa shape index (κ1) is 23.0. The first-order valence-corrected chi connectivity index (χ1v) is 12.3. The van der Waals surface area contributed by atoms with Gasteiger partial charge in [0.25, 0.3) is 0 Å². The maximum absolute atomic E-state index is 12.2. The molecule has 2 fully saturated rings. The highest BCUT2D eigenvalue weighted by Crippen LogP contribution is 2.20. The molecule has 1 atom stereocenters. The fraction of sp³-hybridized carbons (Fsp3) is 0.773. The molecule has 2 aliphatic heterocycles. The molecule has 0 saturated carbocycles. The van der Waals surface area contributed by atoms with E-state index in [4.69, 9.17) is 4.99 Å². The van der Waals surface area contributed by atoms with Crippen LogP contribution in [0.3, 0.4) is 0 Å². The molecule has 2 aliphatic rings. The molecule has 0 aromatic carbocycles. The van der Waals surface area contributed by atoms with E-state index in [1.165, 1.54) is 18.5 Å². The molecule has 2 N–H and O–H groups in total. The van der Waals surface area contributed by atoms with Gasteiger partial charge < -0.3 is 15.5 Å². The van der Waals surface area contributed by atoms with Crippen molar-refractivity contribution < 1.29 is 4.79 Å². The third-order valence-electron chi connectivity index (χ3n) is 5.95. The van der Waals surface area contributed by atoms with Crippen LogP contribution in [0.15, 0.2) is 10.4 Å². The minimum atomic E-state index is 0.0658. The zero-order valence-electron chi connectivity index (χ0n) is 19.0. The molecular weight excluding hydrogens is 396 g/mol. The van der Waals surface area contributed by atoms with E-state index in [-0.39, 0.29) is 17.9 Å². The summed E-state index contributed by atoms with van der Waals surface area (Å²) in [6.07, 6.45) is 3.36. The second kappa shape index (κ2) is 11.1. The van der Waals surface area contributed by atoms with Gasteiger partial charge in [-0.05, 0) is 52.1 Å². The van der Waals surface area contributed by atoms with Crippen LogP contribution in [-0.4, -0.2) is 72.0 Å². The molecular formula is C22H38N6OS. The van der Waals surface area contributed by atoms with Crippen LogP contribution in [0.2, 0.25) is 0 Å². The average molecular weight is 435 g/mol. The number of hydrogen-bond acceptors (Lipinski definition) is 5. The van der Waals surface area contributed by atoms with Crippen molar-refractivity contribution in [3.05, 3.63) is 16.1 Å². The molecule has 8 heteroatoms. The van der Waals surface area contributed by atoms with Gasteiger partial charge in [-0.3, -0.25) is 14.7 Å². The highest BCUT2D eigenvalue weighted by Gasteiger charge is 2.28. The predicted octanol–water partition coefficient (Wildman–Crippen LogP) is 2.48. The topological polar surface area (TPSA) is 72.9 Å². The van der Waals surface area contributed by atoms with Crippen LogP contribution >= 0.6 is 11.3 Å². The van der Waals surface area contributed by atoms with Gasteiger partial charge in [-0.25, -0.2) is 4.98 Å². The third kappa shape index (κ3) is 6.67. The lowest BCUT2D eigenvalue weighted by Gasteiger charge is -2.31. The summed E-state index contributed by atoms with van der Waals surface area (Å²) in [5.41, 5.74) is 1.20. The Balaban J connectivity index is 1.43. The lowest BCUT2D eigenvalue weighted by atomic mass is 9.97. The van der Waals surface area contributed by atoms with E-state index in [9.17, 15) is 4.79 Å². The molecule has 168 valence electrons. The van der Waals surface area contributed by atoms with Crippen LogP contribution in [0, 0.1) is 18.8 Å². The fourth-order valence-corrected chi connectivity index (χ4v) is 4.82. The molecule has 2 saturated heterocycles. The number of nitrogens with one attached hydrogen (secondary N) is 2. The Morgan fingerprint density at radius 1 is 1.30 bits per heavy atom. The quantitative estimate of drug-likeness (QED) is 0.510. The molecule has 3 rings (SSSR count). The average Bonchev–Trinajstić information content (AvgIpc) is 3.35. The smallest absolute Gasteiger partial charge is 0.225 e. The number of aryl methyl sites for hydroxylation is 1. The van der Waals surface area contributed by atoms with E-state index in [2.05, 4.69) is 39.7 Å². The largest absolute Gasteiger partial charge is 0.357 e. The maximum Gasteiger partial charge on any atom is 0.225 e. The molecule has 30 heavy (non-hydrogen) atoms. The molecule has 0 radical (unpaired) electrons. The van der Waals surface area contributed by atoms with Gasteiger partial charge in [0, 0.05) is 50.1 Å². The number of carbonyl (C=O) groups excluding carboxylic acids is 1. The maximum atomic E-state index is 12.2. The number of aromatic nitrogens is 1. The predicted molar refractivity (Wildman–Crippen MR) is 124 cm³/mol. The van der Waals surface area contributed by atoms with Crippen molar-refractivity contribution in [2.75, 3.05) is 39.3 Å². The van der Waals surface area contributed by atoms with Gasteiger partial charge in [0.1, 0.15) is 0 Å². The summed E-state index contributed by atoms with van der Waals surface area (Å²) in [5, 5.41) is 10.3. The second-order valence-electron chi connectivity index (χ2n) is 8.87. The van der Waals surface area contributed by atoms with Crippen molar-refractivity contribution in [2.24, 2.45) is 16.8 Å². The summed E-state index contributed by atoms with van der Waals surface area (Å²) in [4.78, 5) is 26.2. The highest BCUT2D eigenvalue weighted by atomic mass is 32.1.